The van der Waals surface area contributed by atoms with Crippen molar-refractivity contribution < 1.29 is 4.79 Å². The first-order chi connectivity index (χ1) is 10.7. The molecule has 4 rings (SSSR count). The van der Waals surface area contributed by atoms with Crippen molar-refractivity contribution in [1.82, 2.24) is 24.6 Å². The second kappa shape index (κ2) is 5.17. The van der Waals surface area contributed by atoms with Crippen molar-refractivity contribution in [2.45, 2.75) is 31.3 Å². The molecular weight excluding hydrogens is 280 g/mol. The smallest absolute Gasteiger partial charge is 0.251 e. The number of likely N-dealkylation sites (tertiary alicyclic amines) is 1. The van der Waals surface area contributed by atoms with Gasteiger partial charge in [-0.25, -0.2) is 9.97 Å². The number of carbonyl (C=O) groups excluding carboxylic acids is 1. The predicted molar refractivity (Wildman–Crippen MR) is 79.1 cm³/mol. The molecule has 1 saturated heterocycles. The van der Waals surface area contributed by atoms with E-state index < -0.39 is 5.91 Å². The molecule has 2 aliphatic rings. The number of primary amides is 1. The summed E-state index contributed by atoms with van der Waals surface area (Å²) in [5.41, 5.74) is 6.84. The lowest BCUT2D eigenvalue weighted by molar-refractivity contribution is 0.0904. The van der Waals surface area contributed by atoms with Gasteiger partial charge in [0.05, 0.1) is 17.8 Å². The standard InChI is InChI=1S/C15H18N6O/c16-14(22)12-5-19-21(7-12)13-8-20(9-13)6-10-3-17-15(18-4-10)11-1-2-11/h3-5,7,11,13H,1-2,6,8-9H2,(H2,16,22). The molecule has 7 heteroatoms. The number of hydrogen-bond donors (Lipinski definition) is 1. The summed E-state index contributed by atoms with van der Waals surface area (Å²) in [7, 11) is 0. The summed E-state index contributed by atoms with van der Waals surface area (Å²) < 4.78 is 1.82. The molecule has 2 fully saturated rings. The van der Waals surface area contributed by atoms with Gasteiger partial charge < -0.3 is 5.73 Å². The van der Waals surface area contributed by atoms with E-state index in [9.17, 15) is 4.79 Å². The van der Waals surface area contributed by atoms with Crippen molar-refractivity contribution in [3.63, 3.8) is 0 Å². The molecule has 1 aliphatic heterocycles. The number of nitrogens with zero attached hydrogens (tertiary/aromatic N) is 5. The maximum atomic E-state index is 11.1. The summed E-state index contributed by atoms with van der Waals surface area (Å²) in [5.74, 6) is 1.15. The Morgan fingerprint density at radius 2 is 1.95 bits per heavy atom. The first kappa shape index (κ1) is 13.4. The maximum absolute atomic E-state index is 11.1. The van der Waals surface area contributed by atoms with Gasteiger partial charge >= 0.3 is 0 Å². The second-order valence-electron chi connectivity index (χ2n) is 6.14. The van der Waals surface area contributed by atoms with Crippen molar-refractivity contribution in [2.24, 2.45) is 5.73 Å². The van der Waals surface area contributed by atoms with Crippen LogP contribution in [0.1, 0.15) is 46.5 Å². The van der Waals surface area contributed by atoms with Crippen LogP contribution in [0.15, 0.2) is 24.8 Å². The van der Waals surface area contributed by atoms with Crippen LogP contribution < -0.4 is 5.73 Å². The van der Waals surface area contributed by atoms with Crippen molar-refractivity contribution >= 4 is 5.91 Å². The largest absolute Gasteiger partial charge is 0.366 e. The third-order valence-electron chi connectivity index (χ3n) is 4.27. The molecule has 22 heavy (non-hydrogen) atoms. The lowest BCUT2D eigenvalue weighted by atomic mass is 10.1. The van der Waals surface area contributed by atoms with E-state index in [-0.39, 0.29) is 0 Å². The van der Waals surface area contributed by atoms with Crippen LogP contribution in [0.5, 0.6) is 0 Å². The molecule has 2 aromatic heterocycles. The lowest BCUT2D eigenvalue weighted by Gasteiger charge is -2.39. The SMILES string of the molecule is NC(=O)c1cnn(C2CN(Cc3cnc(C4CC4)nc3)C2)c1. The fraction of sp³-hybridized carbons (Fsp3) is 0.467. The molecular formula is C15H18N6O. The molecule has 114 valence electrons. The fourth-order valence-corrected chi connectivity index (χ4v) is 2.76. The number of amides is 1. The van der Waals surface area contributed by atoms with Gasteiger partial charge in [-0.1, -0.05) is 0 Å². The number of hydrogen-bond acceptors (Lipinski definition) is 5. The molecule has 0 bridgehead atoms. The Morgan fingerprint density at radius 1 is 1.23 bits per heavy atom. The molecule has 0 unspecified atom stereocenters. The Kier molecular flexibility index (Phi) is 3.15. The van der Waals surface area contributed by atoms with Crippen LogP contribution in [-0.2, 0) is 6.54 Å². The van der Waals surface area contributed by atoms with E-state index in [1.54, 1.807) is 6.20 Å². The van der Waals surface area contributed by atoms with Crippen molar-refractivity contribution in [1.29, 1.82) is 0 Å². The van der Waals surface area contributed by atoms with Gasteiger partial charge in [-0.15, -0.1) is 0 Å². The van der Waals surface area contributed by atoms with Crippen LogP contribution in [0.4, 0.5) is 0 Å². The van der Waals surface area contributed by atoms with E-state index in [0.29, 0.717) is 17.5 Å². The monoisotopic (exact) mass is 298 g/mol. The highest BCUT2D eigenvalue weighted by molar-refractivity contribution is 5.92. The summed E-state index contributed by atoms with van der Waals surface area (Å²) in [6, 6.07) is 0.305. The lowest BCUT2D eigenvalue weighted by Crippen LogP contribution is -2.47. The van der Waals surface area contributed by atoms with Crippen LogP contribution in [0.2, 0.25) is 0 Å². The fourth-order valence-electron chi connectivity index (χ4n) is 2.76. The molecule has 0 spiro atoms. The van der Waals surface area contributed by atoms with Crippen LogP contribution in [0.3, 0.4) is 0 Å². The average molecular weight is 298 g/mol. The summed E-state index contributed by atoms with van der Waals surface area (Å²) >= 11 is 0. The Hall–Kier alpha value is -2.28. The first-order valence-corrected chi connectivity index (χ1v) is 7.56. The van der Waals surface area contributed by atoms with E-state index in [2.05, 4.69) is 20.0 Å². The van der Waals surface area contributed by atoms with Crippen molar-refractivity contribution in [3.05, 3.63) is 41.7 Å². The zero-order chi connectivity index (χ0) is 15.1. The van der Waals surface area contributed by atoms with Gasteiger partial charge in [-0.05, 0) is 12.8 Å². The minimum Gasteiger partial charge on any atom is -0.366 e. The summed E-state index contributed by atoms with van der Waals surface area (Å²) in [5, 5.41) is 4.20. The molecule has 2 N–H and O–H groups in total. The number of rotatable bonds is 5. The molecule has 0 atom stereocenters. The molecule has 1 aliphatic carbocycles. The van der Waals surface area contributed by atoms with Crippen LogP contribution in [0, 0.1) is 0 Å². The van der Waals surface area contributed by atoms with Gasteiger partial charge in [-0.2, -0.15) is 5.10 Å². The topological polar surface area (TPSA) is 89.9 Å². The third kappa shape index (κ3) is 2.59. The third-order valence-corrected chi connectivity index (χ3v) is 4.27. The van der Waals surface area contributed by atoms with Gasteiger partial charge in [-0.3, -0.25) is 14.4 Å². The maximum Gasteiger partial charge on any atom is 0.251 e. The highest BCUT2D eigenvalue weighted by Gasteiger charge is 2.30. The van der Waals surface area contributed by atoms with E-state index in [4.69, 9.17) is 5.73 Å². The minimum atomic E-state index is -0.435. The van der Waals surface area contributed by atoms with E-state index >= 15 is 0 Å². The van der Waals surface area contributed by atoms with Crippen LogP contribution >= 0.6 is 0 Å². The Bertz CT molecular complexity index is 684. The van der Waals surface area contributed by atoms with Gasteiger partial charge in [0.15, 0.2) is 0 Å². The normalized spacial score (nSPS) is 19.1. The molecule has 0 radical (unpaired) electrons. The molecule has 0 aromatic carbocycles. The first-order valence-electron chi connectivity index (χ1n) is 7.56. The zero-order valence-corrected chi connectivity index (χ0v) is 12.2. The van der Waals surface area contributed by atoms with Gasteiger partial charge in [0.25, 0.3) is 5.91 Å². The van der Waals surface area contributed by atoms with Crippen LogP contribution in [-0.4, -0.2) is 43.6 Å². The highest BCUT2D eigenvalue weighted by Crippen LogP contribution is 2.37. The quantitative estimate of drug-likeness (QED) is 0.878. The molecule has 7 nitrogen and oxygen atoms in total. The number of nitrogens with two attached hydrogens (primary N) is 1. The molecule has 1 amide bonds. The summed E-state index contributed by atoms with van der Waals surface area (Å²) in [4.78, 5) is 22.3. The Labute approximate surface area is 128 Å². The van der Waals surface area contributed by atoms with E-state index in [1.807, 2.05) is 17.1 Å². The van der Waals surface area contributed by atoms with Crippen molar-refractivity contribution in [3.8, 4) is 0 Å². The Balaban J connectivity index is 1.31. The van der Waals surface area contributed by atoms with E-state index in [1.165, 1.54) is 19.0 Å². The minimum absolute atomic E-state index is 0.305. The Morgan fingerprint density at radius 3 is 2.55 bits per heavy atom. The summed E-state index contributed by atoms with van der Waals surface area (Å²) in [6.07, 6.45) is 9.57. The number of carbonyl (C=O) groups is 1. The summed E-state index contributed by atoms with van der Waals surface area (Å²) in [6.45, 7) is 2.67. The molecule has 2 aromatic rings. The second-order valence-corrected chi connectivity index (χ2v) is 6.14. The number of aromatic nitrogens is 4. The average Bonchev–Trinajstić information content (AvgIpc) is 3.20. The molecule has 3 heterocycles. The van der Waals surface area contributed by atoms with Gasteiger partial charge in [0, 0.05) is 49.7 Å². The van der Waals surface area contributed by atoms with Crippen LogP contribution in [0.25, 0.3) is 0 Å². The molecule has 1 saturated carbocycles. The predicted octanol–water partition coefficient (Wildman–Crippen LogP) is 0.706. The zero-order valence-electron chi connectivity index (χ0n) is 12.2. The van der Waals surface area contributed by atoms with E-state index in [0.717, 1.165) is 31.0 Å². The highest BCUT2D eigenvalue weighted by atomic mass is 16.1. The van der Waals surface area contributed by atoms with Gasteiger partial charge in [0.1, 0.15) is 5.82 Å². The van der Waals surface area contributed by atoms with Crippen molar-refractivity contribution in [2.75, 3.05) is 13.1 Å². The van der Waals surface area contributed by atoms with Gasteiger partial charge in [0.2, 0.25) is 0 Å².